The molecule has 0 heterocycles. The Morgan fingerprint density at radius 1 is 1.04 bits per heavy atom. The zero-order valence-corrected chi connectivity index (χ0v) is 18.2. The smallest absolute Gasteiger partial charge is 0.408 e. The second kappa shape index (κ2) is 9.25. The van der Waals surface area contributed by atoms with Crippen LogP contribution in [0, 0.1) is 19.8 Å². The van der Waals surface area contributed by atoms with Gasteiger partial charge < -0.3 is 14.8 Å². The van der Waals surface area contributed by atoms with E-state index in [1.165, 1.54) is 16.7 Å². The van der Waals surface area contributed by atoms with Crippen molar-refractivity contribution in [3.05, 3.63) is 34.9 Å². The van der Waals surface area contributed by atoms with Crippen LogP contribution in [-0.2, 0) is 14.3 Å². The van der Waals surface area contributed by atoms with Crippen LogP contribution in [0.3, 0.4) is 0 Å². The zero-order valence-electron chi connectivity index (χ0n) is 18.2. The molecular weight excluding hydrogens is 342 g/mol. The van der Waals surface area contributed by atoms with Crippen molar-refractivity contribution in [2.45, 2.75) is 86.0 Å². The lowest BCUT2D eigenvalue weighted by Gasteiger charge is -2.30. The molecule has 0 fully saturated rings. The Morgan fingerprint density at radius 2 is 1.63 bits per heavy atom. The van der Waals surface area contributed by atoms with Gasteiger partial charge in [0, 0.05) is 5.92 Å². The molecule has 0 unspecified atom stereocenters. The van der Waals surface area contributed by atoms with Gasteiger partial charge in [-0.1, -0.05) is 37.6 Å². The number of alkyl carbamates (subject to hydrolysis) is 1. The lowest BCUT2D eigenvalue weighted by molar-refractivity contribution is -0.152. The first kappa shape index (κ1) is 23.0. The summed E-state index contributed by atoms with van der Waals surface area (Å²) in [5.74, 6) is -0.102. The Hall–Kier alpha value is -2.04. The quantitative estimate of drug-likeness (QED) is 0.717. The second-order valence-electron chi connectivity index (χ2n) is 8.64. The van der Waals surface area contributed by atoms with Crippen LogP contribution < -0.4 is 5.32 Å². The first-order valence-corrected chi connectivity index (χ1v) is 9.59. The molecule has 0 aromatic heterocycles. The SMILES string of the molecule is Cc1ccc([C@H](C(C)C)[C@H](C)OC(=O)[C@H](C)NC(=O)OC(C)(C)C)c(C)c1. The molecule has 0 aliphatic carbocycles. The predicted octanol–water partition coefficient (Wildman–Crippen LogP) is 4.89. The van der Waals surface area contributed by atoms with E-state index in [-0.39, 0.29) is 12.0 Å². The molecule has 27 heavy (non-hydrogen) atoms. The summed E-state index contributed by atoms with van der Waals surface area (Å²) in [5, 5.41) is 2.53. The molecule has 0 spiro atoms. The highest BCUT2D eigenvalue weighted by Gasteiger charge is 2.29. The van der Waals surface area contributed by atoms with Crippen molar-refractivity contribution in [3.63, 3.8) is 0 Å². The van der Waals surface area contributed by atoms with Gasteiger partial charge in [-0.2, -0.15) is 0 Å². The van der Waals surface area contributed by atoms with Gasteiger partial charge in [0.05, 0.1) is 0 Å². The summed E-state index contributed by atoms with van der Waals surface area (Å²) in [7, 11) is 0. The van der Waals surface area contributed by atoms with Gasteiger partial charge in [0.25, 0.3) is 0 Å². The molecule has 0 bridgehead atoms. The summed E-state index contributed by atoms with van der Waals surface area (Å²) in [6, 6.07) is 5.56. The van der Waals surface area contributed by atoms with Crippen LogP contribution in [0.4, 0.5) is 4.79 Å². The third-order valence-electron chi connectivity index (χ3n) is 4.40. The van der Waals surface area contributed by atoms with Crippen LogP contribution in [-0.4, -0.2) is 29.8 Å². The highest BCUT2D eigenvalue weighted by Crippen LogP contribution is 2.32. The van der Waals surface area contributed by atoms with E-state index >= 15 is 0 Å². The monoisotopic (exact) mass is 377 g/mol. The number of aryl methyl sites for hydroxylation is 2. The van der Waals surface area contributed by atoms with Gasteiger partial charge in [-0.05, 0) is 65.5 Å². The normalized spacial score (nSPS) is 15.0. The van der Waals surface area contributed by atoms with Crippen molar-refractivity contribution >= 4 is 12.1 Å². The van der Waals surface area contributed by atoms with Gasteiger partial charge in [0.1, 0.15) is 17.7 Å². The van der Waals surface area contributed by atoms with Gasteiger partial charge in [-0.25, -0.2) is 9.59 Å². The number of carbonyl (C=O) groups is 2. The van der Waals surface area contributed by atoms with E-state index in [9.17, 15) is 9.59 Å². The topological polar surface area (TPSA) is 64.6 Å². The van der Waals surface area contributed by atoms with Crippen molar-refractivity contribution in [2.24, 2.45) is 5.92 Å². The third-order valence-corrected chi connectivity index (χ3v) is 4.40. The number of rotatable bonds is 6. The highest BCUT2D eigenvalue weighted by molar-refractivity contribution is 5.81. The van der Waals surface area contributed by atoms with Crippen LogP contribution in [0.25, 0.3) is 0 Å². The minimum atomic E-state index is -0.783. The van der Waals surface area contributed by atoms with E-state index in [4.69, 9.17) is 9.47 Å². The van der Waals surface area contributed by atoms with Crippen LogP contribution in [0.15, 0.2) is 18.2 Å². The first-order chi connectivity index (χ1) is 12.3. The lowest BCUT2D eigenvalue weighted by atomic mass is 9.82. The van der Waals surface area contributed by atoms with Gasteiger partial charge >= 0.3 is 12.1 Å². The molecule has 0 saturated carbocycles. The summed E-state index contributed by atoms with van der Waals surface area (Å²) in [6.45, 7) is 17.2. The van der Waals surface area contributed by atoms with Gasteiger partial charge in [0.15, 0.2) is 0 Å². The molecule has 3 atom stereocenters. The van der Waals surface area contributed by atoms with Crippen LogP contribution in [0.5, 0.6) is 0 Å². The minimum Gasteiger partial charge on any atom is -0.460 e. The molecule has 1 rings (SSSR count). The highest BCUT2D eigenvalue weighted by atomic mass is 16.6. The van der Waals surface area contributed by atoms with Crippen LogP contribution in [0.2, 0.25) is 0 Å². The molecule has 0 radical (unpaired) electrons. The fourth-order valence-corrected chi connectivity index (χ4v) is 3.26. The second-order valence-corrected chi connectivity index (χ2v) is 8.64. The van der Waals surface area contributed by atoms with Gasteiger partial charge in [-0.15, -0.1) is 0 Å². The van der Waals surface area contributed by atoms with Crippen molar-refractivity contribution in [2.75, 3.05) is 0 Å². The van der Waals surface area contributed by atoms with E-state index in [1.807, 2.05) is 6.92 Å². The number of hydrogen-bond acceptors (Lipinski definition) is 4. The van der Waals surface area contributed by atoms with Crippen LogP contribution in [0.1, 0.15) is 71.1 Å². The Bertz CT molecular complexity index is 661. The first-order valence-electron chi connectivity index (χ1n) is 9.59. The van der Waals surface area contributed by atoms with Crippen molar-refractivity contribution in [3.8, 4) is 0 Å². The standard InChI is InChI=1S/C22H35NO4/c1-13(2)19(18-11-10-14(3)12-15(18)4)17(6)26-20(24)16(5)23-21(25)27-22(7,8)9/h10-13,16-17,19H,1-9H3,(H,23,25)/t16-,17-,19+/m0/s1. The van der Waals surface area contributed by atoms with Crippen molar-refractivity contribution in [1.29, 1.82) is 0 Å². The summed E-state index contributed by atoms with van der Waals surface area (Å²) in [5.41, 5.74) is 2.96. The molecule has 1 aromatic carbocycles. The van der Waals surface area contributed by atoms with E-state index in [0.29, 0.717) is 5.92 Å². The zero-order chi connectivity index (χ0) is 20.9. The Kier molecular flexibility index (Phi) is 7.88. The molecule has 1 N–H and O–H groups in total. The third kappa shape index (κ3) is 7.24. The summed E-state index contributed by atoms with van der Waals surface area (Å²) < 4.78 is 10.9. The maximum Gasteiger partial charge on any atom is 0.408 e. The summed E-state index contributed by atoms with van der Waals surface area (Å²) in [6.07, 6.45) is -0.948. The van der Waals surface area contributed by atoms with Crippen LogP contribution >= 0.6 is 0 Å². The fraction of sp³-hybridized carbons (Fsp3) is 0.636. The Morgan fingerprint density at radius 3 is 2.11 bits per heavy atom. The van der Waals surface area contributed by atoms with Crippen molar-refractivity contribution in [1.82, 2.24) is 5.32 Å². The van der Waals surface area contributed by atoms with E-state index < -0.39 is 23.7 Å². The molecule has 0 saturated heterocycles. The number of benzene rings is 1. The number of esters is 1. The molecular formula is C22H35NO4. The van der Waals surface area contributed by atoms with E-state index in [2.05, 4.69) is 51.2 Å². The van der Waals surface area contributed by atoms with Gasteiger partial charge in [-0.3, -0.25) is 0 Å². The largest absolute Gasteiger partial charge is 0.460 e. The fourth-order valence-electron chi connectivity index (χ4n) is 3.26. The van der Waals surface area contributed by atoms with Gasteiger partial charge in [0.2, 0.25) is 0 Å². The molecule has 0 aliphatic rings. The molecule has 0 aliphatic heterocycles. The average Bonchev–Trinajstić information content (AvgIpc) is 2.47. The lowest BCUT2D eigenvalue weighted by Crippen LogP contribution is -2.43. The number of amides is 1. The van der Waals surface area contributed by atoms with Crippen molar-refractivity contribution < 1.29 is 19.1 Å². The number of nitrogens with one attached hydrogen (secondary N) is 1. The maximum absolute atomic E-state index is 12.5. The predicted molar refractivity (Wildman–Crippen MR) is 108 cm³/mol. The molecule has 1 amide bonds. The molecule has 5 nitrogen and oxygen atoms in total. The molecule has 5 heteroatoms. The van der Waals surface area contributed by atoms with E-state index in [0.717, 1.165) is 0 Å². The molecule has 1 aromatic rings. The minimum absolute atomic E-state index is 0.0725. The summed E-state index contributed by atoms with van der Waals surface area (Å²) in [4.78, 5) is 24.3. The number of carbonyl (C=O) groups excluding carboxylic acids is 2. The Balaban J connectivity index is 2.82. The molecule has 152 valence electrons. The average molecular weight is 378 g/mol. The number of ether oxygens (including phenoxy) is 2. The maximum atomic E-state index is 12.5. The summed E-state index contributed by atoms with van der Waals surface area (Å²) >= 11 is 0. The van der Waals surface area contributed by atoms with E-state index in [1.54, 1.807) is 27.7 Å². The Labute approximate surface area is 163 Å². The number of hydrogen-bond donors (Lipinski definition) is 1.